The van der Waals surface area contributed by atoms with Gasteiger partial charge in [-0.1, -0.05) is 67.2 Å². The smallest absolute Gasteiger partial charge is 0.333 e. The van der Waals surface area contributed by atoms with E-state index in [-0.39, 0.29) is 12.7 Å². The Kier molecular flexibility index (Phi) is 7.63. The second kappa shape index (κ2) is 11.2. The predicted octanol–water partition coefficient (Wildman–Crippen LogP) is 7.71. The molecule has 4 aromatic carbocycles. The molecule has 4 nitrogen and oxygen atoms in total. The maximum Gasteiger partial charge on any atom is 0.333 e. The molecule has 0 N–H and O–H groups in total. The van der Waals surface area contributed by atoms with Crippen molar-refractivity contribution in [3.63, 3.8) is 0 Å². The Morgan fingerprint density at radius 2 is 1.23 bits per heavy atom. The van der Waals surface area contributed by atoms with Gasteiger partial charge in [0.2, 0.25) is 0 Å². The molecule has 0 aliphatic carbocycles. The van der Waals surface area contributed by atoms with Gasteiger partial charge in [-0.25, -0.2) is 4.79 Å². The summed E-state index contributed by atoms with van der Waals surface area (Å²) in [5.74, 6) is 0.299. The van der Waals surface area contributed by atoms with Gasteiger partial charge in [0, 0.05) is 22.6 Å². The molecule has 1 atom stereocenters. The van der Waals surface area contributed by atoms with E-state index in [9.17, 15) is 4.79 Å². The second-order valence-corrected chi connectivity index (χ2v) is 8.39. The zero-order valence-corrected chi connectivity index (χ0v) is 20.1. The third-order valence-corrected chi connectivity index (χ3v) is 5.48. The highest BCUT2D eigenvalue weighted by molar-refractivity contribution is 5.87. The topological polar surface area (TPSA) is 38.8 Å². The van der Waals surface area contributed by atoms with Crippen LogP contribution in [0.5, 0.6) is 5.75 Å². The highest BCUT2D eigenvalue weighted by atomic mass is 16.6. The predicted molar refractivity (Wildman–Crippen MR) is 142 cm³/mol. The quantitative estimate of drug-likeness (QED) is 0.188. The number of para-hydroxylation sites is 1. The first-order valence-electron chi connectivity index (χ1n) is 11.6. The number of benzene rings is 4. The zero-order valence-electron chi connectivity index (χ0n) is 20.1. The van der Waals surface area contributed by atoms with E-state index >= 15 is 0 Å². The average molecular weight is 464 g/mol. The van der Waals surface area contributed by atoms with Crippen molar-refractivity contribution >= 4 is 23.0 Å². The summed E-state index contributed by atoms with van der Waals surface area (Å²) in [5, 5.41) is 0. The van der Waals surface area contributed by atoms with Gasteiger partial charge in [0.1, 0.15) is 18.5 Å². The van der Waals surface area contributed by atoms with E-state index in [2.05, 4.69) is 60.0 Å². The van der Waals surface area contributed by atoms with E-state index in [1.165, 1.54) is 11.1 Å². The number of carbonyl (C=O) groups excluding carboxylic acids is 1. The van der Waals surface area contributed by atoms with Crippen molar-refractivity contribution in [2.45, 2.75) is 20.0 Å². The van der Waals surface area contributed by atoms with Gasteiger partial charge in [-0.15, -0.1) is 0 Å². The third kappa shape index (κ3) is 6.18. The largest absolute Gasteiger partial charge is 0.490 e. The lowest BCUT2D eigenvalue weighted by Gasteiger charge is -2.26. The SMILES string of the molecule is C=C(C)C(=O)OC(C)COc1ccc(N(c2ccccc2)c2ccc(-c3ccccc3)cc2)cc1. The molecule has 4 heteroatoms. The molecule has 0 aromatic heterocycles. The number of anilines is 3. The Hall–Kier alpha value is -4.31. The normalized spacial score (nSPS) is 11.4. The van der Waals surface area contributed by atoms with Crippen molar-refractivity contribution in [1.82, 2.24) is 0 Å². The van der Waals surface area contributed by atoms with Crippen LogP contribution in [0.2, 0.25) is 0 Å². The lowest BCUT2D eigenvalue weighted by Crippen LogP contribution is -2.22. The lowest BCUT2D eigenvalue weighted by molar-refractivity contribution is -0.144. The Morgan fingerprint density at radius 1 is 0.743 bits per heavy atom. The van der Waals surface area contributed by atoms with E-state index in [4.69, 9.17) is 9.47 Å². The maximum absolute atomic E-state index is 11.7. The van der Waals surface area contributed by atoms with Crippen molar-refractivity contribution in [2.24, 2.45) is 0 Å². The van der Waals surface area contributed by atoms with E-state index in [0.29, 0.717) is 11.3 Å². The molecule has 0 aliphatic rings. The molecular formula is C31H29NO3. The van der Waals surface area contributed by atoms with Crippen molar-refractivity contribution in [1.29, 1.82) is 0 Å². The molecule has 4 aromatic rings. The van der Waals surface area contributed by atoms with Crippen LogP contribution in [-0.4, -0.2) is 18.7 Å². The Balaban J connectivity index is 1.53. The van der Waals surface area contributed by atoms with E-state index in [1.54, 1.807) is 13.8 Å². The van der Waals surface area contributed by atoms with Gasteiger partial charge in [0.05, 0.1) is 0 Å². The van der Waals surface area contributed by atoms with E-state index in [1.807, 2.05) is 60.7 Å². The Bertz CT molecular complexity index is 1250. The summed E-state index contributed by atoms with van der Waals surface area (Å²) in [5.41, 5.74) is 5.87. The molecule has 0 spiro atoms. The number of rotatable bonds is 9. The first-order chi connectivity index (χ1) is 17.0. The van der Waals surface area contributed by atoms with Crippen LogP contribution in [0.25, 0.3) is 11.1 Å². The molecule has 0 saturated heterocycles. The van der Waals surface area contributed by atoms with Gasteiger partial charge in [0.15, 0.2) is 0 Å². The summed E-state index contributed by atoms with van der Waals surface area (Å²) >= 11 is 0. The molecule has 0 heterocycles. The first-order valence-corrected chi connectivity index (χ1v) is 11.6. The molecule has 4 rings (SSSR count). The van der Waals surface area contributed by atoms with Gasteiger partial charge < -0.3 is 14.4 Å². The minimum Gasteiger partial charge on any atom is -0.490 e. The fourth-order valence-corrected chi connectivity index (χ4v) is 3.68. The summed E-state index contributed by atoms with van der Waals surface area (Å²) in [6.07, 6.45) is -0.372. The maximum atomic E-state index is 11.7. The van der Waals surface area contributed by atoms with Crippen molar-refractivity contribution < 1.29 is 14.3 Å². The van der Waals surface area contributed by atoms with Gasteiger partial charge in [-0.3, -0.25) is 0 Å². The van der Waals surface area contributed by atoms with Gasteiger partial charge >= 0.3 is 5.97 Å². The molecule has 0 bridgehead atoms. The highest BCUT2D eigenvalue weighted by Crippen LogP contribution is 2.36. The van der Waals surface area contributed by atoms with Crippen LogP contribution in [0.4, 0.5) is 17.1 Å². The minimum absolute atomic E-state index is 0.266. The summed E-state index contributed by atoms with van der Waals surface area (Å²) in [6, 6.07) is 37.1. The lowest BCUT2D eigenvalue weighted by atomic mass is 10.0. The zero-order chi connectivity index (χ0) is 24.6. The van der Waals surface area contributed by atoms with Crippen LogP contribution in [0.1, 0.15) is 13.8 Å². The van der Waals surface area contributed by atoms with Crippen LogP contribution < -0.4 is 9.64 Å². The van der Waals surface area contributed by atoms with Crippen LogP contribution in [-0.2, 0) is 9.53 Å². The van der Waals surface area contributed by atoms with Crippen LogP contribution in [0.15, 0.2) is 121 Å². The van der Waals surface area contributed by atoms with Gasteiger partial charge in [-0.2, -0.15) is 0 Å². The van der Waals surface area contributed by atoms with Crippen molar-refractivity contribution in [3.8, 4) is 16.9 Å². The molecule has 35 heavy (non-hydrogen) atoms. The number of carbonyl (C=O) groups is 1. The number of esters is 1. The molecule has 0 fully saturated rings. The molecule has 1 unspecified atom stereocenters. The average Bonchev–Trinajstić information content (AvgIpc) is 2.90. The summed E-state index contributed by atoms with van der Waals surface area (Å²) < 4.78 is 11.1. The Labute approximate surface area is 207 Å². The Morgan fingerprint density at radius 3 is 1.80 bits per heavy atom. The molecule has 0 radical (unpaired) electrons. The molecule has 0 saturated carbocycles. The monoisotopic (exact) mass is 463 g/mol. The van der Waals surface area contributed by atoms with Crippen LogP contribution in [0, 0.1) is 0 Å². The van der Waals surface area contributed by atoms with Crippen molar-refractivity contribution in [3.05, 3.63) is 121 Å². The standard InChI is InChI=1S/C31H29NO3/c1-23(2)31(33)35-24(3)22-34-30-20-18-29(19-21-30)32(27-12-8-5-9-13-27)28-16-14-26(15-17-28)25-10-6-4-7-11-25/h4-21,24H,1,22H2,2-3H3. The van der Waals surface area contributed by atoms with Gasteiger partial charge in [-0.05, 0) is 73.5 Å². The first kappa shape index (κ1) is 23.8. The van der Waals surface area contributed by atoms with Crippen LogP contribution in [0.3, 0.4) is 0 Å². The number of nitrogens with zero attached hydrogens (tertiary/aromatic N) is 1. The number of hydrogen-bond donors (Lipinski definition) is 0. The molecule has 176 valence electrons. The van der Waals surface area contributed by atoms with Gasteiger partial charge in [0.25, 0.3) is 0 Å². The van der Waals surface area contributed by atoms with E-state index in [0.717, 1.165) is 17.1 Å². The molecular weight excluding hydrogens is 434 g/mol. The summed E-state index contributed by atoms with van der Waals surface area (Å²) in [7, 11) is 0. The molecule has 0 amide bonds. The summed E-state index contributed by atoms with van der Waals surface area (Å²) in [6.45, 7) is 7.29. The van der Waals surface area contributed by atoms with E-state index < -0.39 is 5.97 Å². The fraction of sp³-hybridized carbons (Fsp3) is 0.129. The summed E-state index contributed by atoms with van der Waals surface area (Å²) in [4.78, 5) is 13.9. The second-order valence-electron chi connectivity index (χ2n) is 8.39. The number of ether oxygens (including phenoxy) is 2. The highest BCUT2D eigenvalue weighted by Gasteiger charge is 2.14. The minimum atomic E-state index is -0.409. The van der Waals surface area contributed by atoms with Crippen molar-refractivity contribution in [2.75, 3.05) is 11.5 Å². The fourth-order valence-electron chi connectivity index (χ4n) is 3.68. The third-order valence-electron chi connectivity index (χ3n) is 5.48. The molecule has 0 aliphatic heterocycles. The van der Waals surface area contributed by atoms with Crippen LogP contribution >= 0.6 is 0 Å². The number of hydrogen-bond acceptors (Lipinski definition) is 4.